The van der Waals surface area contributed by atoms with Crippen LogP contribution in [0.2, 0.25) is 0 Å². The Bertz CT molecular complexity index is 294. The number of hydrogen-bond acceptors (Lipinski definition) is 3. The molecule has 2 aliphatic heterocycles. The van der Waals surface area contributed by atoms with Gasteiger partial charge in [0.1, 0.15) is 0 Å². The molecule has 3 heteroatoms. The molecule has 112 valence electrons. The van der Waals surface area contributed by atoms with Crippen molar-refractivity contribution in [1.82, 2.24) is 0 Å². The van der Waals surface area contributed by atoms with Gasteiger partial charge >= 0.3 is 0 Å². The summed E-state index contributed by atoms with van der Waals surface area (Å²) >= 11 is 2.05. The molecule has 2 N–H and O–H groups in total. The fourth-order valence-corrected chi connectivity index (χ4v) is 4.63. The summed E-state index contributed by atoms with van der Waals surface area (Å²) < 4.78 is 6.10. The Labute approximate surface area is 123 Å². The lowest BCUT2D eigenvalue weighted by atomic mass is 9.74. The molecule has 2 saturated heterocycles. The molecule has 2 rings (SSSR count). The zero-order chi connectivity index (χ0) is 14.1. The van der Waals surface area contributed by atoms with Gasteiger partial charge < -0.3 is 10.5 Å². The Morgan fingerprint density at radius 1 is 1.42 bits per heavy atom. The predicted molar refractivity (Wildman–Crippen MR) is 84.6 cm³/mol. The first-order chi connectivity index (χ1) is 8.82. The SMILES string of the molecule is CC(CC(N)C1CCOC2(CCSC2)C1)C(C)(C)C. The van der Waals surface area contributed by atoms with Crippen LogP contribution in [0.4, 0.5) is 0 Å². The zero-order valence-corrected chi connectivity index (χ0v) is 13.9. The fraction of sp³-hybridized carbons (Fsp3) is 1.00. The molecule has 2 nitrogen and oxygen atoms in total. The standard InChI is InChI=1S/C16H31NOS/c1-12(15(2,3)4)9-14(17)13-5-7-18-16(10-13)6-8-19-11-16/h12-14H,5-11,17H2,1-4H3. The van der Waals surface area contributed by atoms with Gasteiger partial charge in [0.25, 0.3) is 0 Å². The van der Waals surface area contributed by atoms with E-state index < -0.39 is 0 Å². The molecule has 0 radical (unpaired) electrons. The molecule has 0 aliphatic carbocycles. The van der Waals surface area contributed by atoms with E-state index in [-0.39, 0.29) is 5.60 Å². The lowest BCUT2D eigenvalue weighted by Gasteiger charge is -2.41. The monoisotopic (exact) mass is 285 g/mol. The van der Waals surface area contributed by atoms with Crippen molar-refractivity contribution in [2.75, 3.05) is 18.1 Å². The normalized spacial score (nSPS) is 35.5. The van der Waals surface area contributed by atoms with Crippen molar-refractivity contribution in [3.05, 3.63) is 0 Å². The van der Waals surface area contributed by atoms with Gasteiger partial charge in [0.15, 0.2) is 0 Å². The van der Waals surface area contributed by atoms with Gasteiger partial charge in [-0.1, -0.05) is 27.7 Å². The Kier molecular flexibility index (Phi) is 4.90. The predicted octanol–water partition coefficient (Wildman–Crippen LogP) is 3.69. The average Bonchev–Trinajstić information content (AvgIpc) is 2.76. The van der Waals surface area contributed by atoms with Gasteiger partial charge in [-0.3, -0.25) is 0 Å². The van der Waals surface area contributed by atoms with Crippen molar-refractivity contribution in [3.63, 3.8) is 0 Å². The lowest BCUT2D eigenvalue weighted by molar-refractivity contribution is -0.0845. The molecule has 19 heavy (non-hydrogen) atoms. The summed E-state index contributed by atoms with van der Waals surface area (Å²) in [5, 5.41) is 0. The van der Waals surface area contributed by atoms with E-state index in [0.29, 0.717) is 23.3 Å². The highest BCUT2D eigenvalue weighted by atomic mass is 32.2. The summed E-state index contributed by atoms with van der Waals surface area (Å²) in [6.07, 6.45) is 4.73. The molecule has 0 saturated carbocycles. The second-order valence-electron chi connectivity index (χ2n) is 7.75. The molecule has 0 aromatic rings. The van der Waals surface area contributed by atoms with Crippen LogP contribution in [0.15, 0.2) is 0 Å². The largest absolute Gasteiger partial charge is 0.374 e. The Balaban J connectivity index is 1.90. The van der Waals surface area contributed by atoms with Crippen LogP contribution in [0.5, 0.6) is 0 Å². The minimum absolute atomic E-state index is 0.177. The van der Waals surface area contributed by atoms with E-state index >= 15 is 0 Å². The van der Waals surface area contributed by atoms with Crippen LogP contribution in [0, 0.1) is 17.3 Å². The van der Waals surface area contributed by atoms with Crippen molar-refractivity contribution >= 4 is 11.8 Å². The maximum absolute atomic E-state index is 6.53. The van der Waals surface area contributed by atoms with Crippen LogP contribution in [-0.2, 0) is 4.74 Å². The van der Waals surface area contributed by atoms with E-state index in [1.807, 2.05) is 11.8 Å². The van der Waals surface area contributed by atoms with E-state index in [0.717, 1.165) is 19.4 Å². The molecule has 2 heterocycles. The summed E-state index contributed by atoms with van der Waals surface area (Å²) in [5.41, 5.74) is 7.08. The van der Waals surface area contributed by atoms with Gasteiger partial charge in [-0.2, -0.15) is 11.8 Å². The minimum Gasteiger partial charge on any atom is -0.374 e. The molecule has 0 aromatic heterocycles. The maximum Gasteiger partial charge on any atom is 0.0783 e. The van der Waals surface area contributed by atoms with Gasteiger partial charge in [0.2, 0.25) is 0 Å². The third kappa shape index (κ3) is 3.89. The van der Waals surface area contributed by atoms with Gasteiger partial charge in [0, 0.05) is 18.4 Å². The summed E-state index contributed by atoms with van der Waals surface area (Å²) in [6, 6.07) is 0.348. The van der Waals surface area contributed by atoms with Crippen LogP contribution in [-0.4, -0.2) is 29.8 Å². The van der Waals surface area contributed by atoms with Crippen molar-refractivity contribution < 1.29 is 4.74 Å². The molecule has 4 unspecified atom stereocenters. The van der Waals surface area contributed by atoms with Gasteiger partial charge in [-0.15, -0.1) is 0 Å². The number of thioether (sulfide) groups is 1. The third-order valence-electron chi connectivity index (χ3n) is 5.31. The van der Waals surface area contributed by atoms with E-state index in [2.05, 4.69) is 27.7 Å². The number of ether oxygens (including phenoxy) is 1. The minimum atomic E-state index is 0.177. The van der Waals surface area contributed by atoms with Crippen molar-refractivity contribution in [1.29, 1.82) is 0 Å². The lowest BCUT2D eigenvalue weighted by Crippen LogP contribution is -2.46. The van der Waals surface area contributed by atoms with Gasteiger partial charge in [-0.05, 0) is 48.7 Å². The fourth-order valence-electron chi connectivity index (χ4n) is 3.25. The zero-order valence-electron chi connectivity index (χ0n) is 13.1. The molecule has 2 aliphatic rings. The molecule has 0 bridgehead atoms. The molecular weight excluding hydrogens is 254 g/mol. The average molecular weight is 285 g/mol. The van der Waals surface area contributed by atoms with Crippen LogP contribution in [0.1, 0.15) is 53.4 Å². The highest BCUT2D eigenvalue weighted by molar-refractivity contribution is 7.99. The number of hydrogen-bond donors (Lipinski definition) is 1. The summed E-state index contributed by atoms with van der Waals surface area (Å²) in [4.78, 5) is 0. The Morgan fingerprint density at radius 3 is 2.74 bits per heavy atom. The van der Waals surface area contributed by atoms with Crippen molar-refractivity contribution in [3.8, 4) is 0 Å². The van der Waals surface area contributed by atoms with E-state index in [4.69, 9.17) is 10.5 Å². The highest BCUT2D eigenvalue weighted by Gasteiger charge is 2.42. The van der Waals surface area contributed by atoms with Gasteiger partial charge in [-0.25, -0.2) is 0 Å². The van der Waals surface area contributed by atoms with Crippen LogP contribution in [0.25, 0.3) is 0 Å². The Morgan fingerprint density at radius 2 is 2.16 bits per heavy atom. The smallest absolute Gasteiger partial charge is 0.0783 e. The molecule has 1 spiro atoms. The first kappa shape index (κ1) is 15.7. The van der Waals surface area contributed by atoms with Gasteiger partial charge in [0.05, 0.1) is 5.60 Å². The number of rotatable bonds is 3. The number of nitrogens with two attached hydrogens (primary N) is 1. The molecular formula is C16H31NOS. The van der Waals surface area contributed by atoms with Crippen LogP contribution >= 0.6 is 11.8 Å². The summed E-state index contributed by atoms with van der Waals surface area (Å²) in [6.45, 7) is 10.2. The third-order valence-corrected chi connectivity index (χ3v) is 6.53. The molecule has 4 atom stereocenters. The van der Waals surface area contributed by atoms with Crippen molar-refractivity contribution in [2.45, 2.75) is 65.0 Å². The van der Waals surface area contributed by atoms with Crippen molar-refractivity contribution in [2.24, 2.45) is 23.0 Å². The highest BCUT2D eigenvalue weighted by Crippen LogP contribution is 2.42. The van der Waals surface area contributed by atoms with E-state index in [1.54, 1.807) is 0 Å². The summed E-state index contributed by atoms with van der Waals surface area (Å²) in [5.74, 6) is 3.79. The Hall–Kier alpha value is 0.270. The molecule has 0 aromatic carbocycles. The topological polar surface area (TPSA) is 35.2 Å². The van der Waals surface area contributed by atoms with Crippen LogP contribution < -0.4 is 5.73 Å². The second kappa shape index (κ2) is 5.95. The first-order valence-electron chi connectivity index (χ1n) is 7.80. The maximum atomic E-state index is 6.53. The first-order valence-corrected chi connectivity index (χ1v) is 8.95. The van der Waals surface area contributed by atoms with Crippen LogP contribution in [0.3, 0.4) is 0 Å². The van der Waals surface area contributed by atoms with E-state index in [1.165, 1.54) is 24.3 Å². The molecule has 0 amide bonds. The quantitative estimate of drug-likeness (QED) is 0.859. The second-order valence-corrected chi connectivity index (χ2v) is 8.86. The summed E-state index contributed by atoms with van der Waals surface area (Å²) in [7, 11) is 0. The molecule has 2 fully saturated rings. The van der Waals surface area contributed by atoms with E-state index in [9.17, 15) is 0 Å².